The summed E-state index contributed by atoms with van der Waals surface area (Å²) in [6.45, 7) is 1.26. The van der Waals surface area contributed by atoms with E-state index in [2.05, 4.69) is 0 Å². The van der Waals surface area contributed by atoms with Crippen LogP contribution in [-0.2, 0) is 4.79 Å². The Hall–Kier alpha value is -3.42. The highest BCUT2D eigenvalue weighted by molar-refractivity contribution is 6.03. The van der Waals surface area contributed by atoms with E-state index in [1.165, 1.54) is 49.4 Å². The number of ether oxygens (including phenoxy) is 3. The van der Waals surface area contributed by atoms with Crippen molar-refractivity contribution in [1.82, 2.24) is 0 Å². The van der Waals surface area contributed by atoms with Gasteiger partial charge in [-0.15, -0.1) is 0 Å². The summed E-state index contributed by atoms with van der Waals surface area (Å²) in [4.78, 5) is 33.6. The average molecular weight is 343 g/mol. The first-order valence-corrected chi connectivity index (χ1v) is 7.34. The number of fused-ring (bicyclic) bond motifs is 1. The third-order valence-corrected chi connectivity index (χ3v) is 3.49. The van der Waals surface area contributed by atoms with E-state index in [1.54, 1.807) is 0 Å². The number of esters is 1. The quantitative estimate of drug-likeness (QED) is 0.363. The van der Waals surface area contributed by atoms with Gasteiger partial charge in [0, 0.05) is 25.1 Å². The van der Waals surface area contributed by atoms with Crippen molar-refractivity contribution in [3.63, 3.8) is 0 Å². The first kappa shape index (κ1) is 16.4. The van der Waals surface area contributed by atoms with Crippen molar-refractivity contribution in [3.05, 3.63) is 58.1 Å². The lowest BCUT2D eigenvalue weighted by atomic mass is 10.0. The number of hydrogen-bond acceptors (Lipinski definition) is 7. The third kappa shape index (κ3) is 3.57. The van der Waals surface area contributed by atoms with E-state index >= 15 is 0 Å². The molecule has 0 radical (unpaired) electrons. The molecule has 0 N–H and O–H groups in total. The summed E-state index contributed by atoms with van der Waals surface area (Å²) in [6, 6.07) is 9.90. The van der Waals surface area contributed by atoms with Crippen molar-refractivity contribution in [1.29, 1.82) is 0 Å². The Bertz CT molecular complexity index is 845. The molecule has 0 saturated carbocycles. The number of nitro groups is 1. The van der Waals surface area contributed by atoms with Crippen LogP contribution in [0.1, 0.15) is 17.3 Å². The zero-order valence-electron chi connectivity index (χ0n) is 13.1. The predicted octanol–water partition coefficient (Wildman–Crippen LogP) is 2.54. The standard InChI is InChI=1S/C17H13NO7/c1-10(19)24-13-6-7-14-15(8-13)23-9-16(17(14)20)25-12-4-2-11(3-5-12)18(21)22/h2-8,16H,9H2,1H3. The molecule has 1 aliphatic rings. The van der Waals surface area contributed by atoms with Gasteiger partial charge in [-0.2, -0.15) is 0 Å². The van der Waals surface area contributed by atoms with Gasteiger partial charge in [-0.3, -0.25) is 19.7 Å². The second-order valence-electron chi connectivity index (χ2n) is 5.28. The molecule has 8 nitrogen and oxygen atoms in total. The molecule has 3 rings (SSSR count). The van der Waals surface area contributed by atoms with Gasteiger partial charge in [-0.25, -0.2) is 0 Å². The molecular formula is C17H13NO7. The minimum Gasteiger partial charge on any atom is -0.488 e. The van der Waals surface area contributed by atoms with Crippen LogP contribution in [0.5, 0.6) is 17.2 Å². The van der Waals surface area contributed by atoms with Crippen molar-refractivity contribution in [2.45, 2.75) is 13.0 Å². The van der Waals surface area contributed by atoms with E-state index in [1.807, 2.05) is 0 Å². The molecule has 2 aromatic rings. The number of benzene rings is 2. The molecular weight excluding hydrogens is 330 g/mol. The molecule has 1 aliphatic heterocycles. The predicted molar refractivity (Wildman–Crippen MR) is 85.1 cm³/mol. The summed E-state index contributed by atoms with van der Waals surface area (Å²) in [6.07, 6.45) is -0.867. The van der Waals surface area contributed by atoms with E-state index in [0.29, 0.717) is 17.1 Å². The SMILES string of the molecule is CC(=O)Oc1ccc2c(c1)OCC(Oc1ccc([N+](=O)[O-])cc1)C2=O. The molecule has 8 heteroatoms. The van der Waals surface area contributed by atoms with Crippen LogP contribution in [0.2, 0.25) is 0 Å². The van der Waals surface area contributed by atoms with Gasteiger partial charge in [0.15, 0.2) is 6.10 Å². The first-order valence-electron chi connectivity index (χ1n) is 7.34. The van der Waals surface area contributed by atoms with Crippen molar-refractivity contribution in [2.75, 3.05) is 6.61 Å². The Morgan fingerprint density at radius 3 is 2.52 bits per heavy atom. The second kappa shape index (κ2) is 6.60. The van der Waals surface area contributed by atoms with Crippen LogP contribution >= 0.6 is 0 Å². The number of nitro benzene ring substituents is 1. The normalized spacial score (nSPS) is 15.7. The largest absolute Gasteiger partial charge is 0.488 e. The highest BCUT2D eigenvalue weighted by Gasteiger charge is 2.31. The summed E-state index contributed by atoms with van der Waals surface area (Å²) in [7, 11) is 0. The van der Waals surface area contributed by atoms with Crippen molar-refractivity contribution in [2.24, 2.45) is 0 Å². The van der Waals surface area contributed by atoms with E-state index in [4.69, 9.17) is 14.2 Å². The lowest BCUT2D eigenvalue weighted by molar-refractivity contribution is -0.384. The van der Waals surface area contributed by atoms with E-state index in [-0.39, 0.29) is 23.8 Å². The minimum atomic E-state index is -0.867. The van der Waals surface area contributed by atoms with Crippen LogP contribution < -0.4 is 14.2 Å². The molecule has 0 aliphatic carbocycles. The molecule has 0 spiro atoms. The third-order valence-electron chi connectivity index (χ3n) is 3.49. The van der Waals surface area contributed by atoms with E-state index in [0.717, 1.165) is 0 Å². The Morgan fingerprint density at radius 2 is 1.88 bits per heavy atom. The molecule has 0 aromatic heterocycles. The van der Waals surface area contributed by atoms with Gasteiger partial charge in [0.1, 0.15) is 23.9 Å². The molecule has 0 fully saturated rings. The molecule has 1 heterocycles. The number of carbonyl (C=O) groups is 2. The van der Waals surface area contributed by atoms with Crippen LogP contribution in [0.15, 0.2) is 42.5 Å². The summed E-state index contributed by atoms with van der Waals surface area (Å²) >= 11 is 0. The van der Waals surface area contributed by atoms with Crippen LogP contribution in [-0.4, -0.2) is 29.4 Å². The number of nitrogens with zero attached hydrogens (tertiary/aromatic N) is 1. The summed E-state index contributed by atoms with van der Waals surface area (Å²) in [5.74, 6) is 0.170. The molecule has 0 amide bonds. The minimum absolute atomic E-state index is 0.0215. The number of ketones is 1. The molecule has 128 valence electrons. The fourth-order valence-corrected chi connectivity index (χ4v) is 2.37. The van der Waals surface area contributed by atoms with E-state index < -0.39 is 17.0 Å². The van der Waals surface area contributed by atoms with Gasteiger partial charge in [0.25, 0.3) is 5.69 Å². The van der Waals surface area contributed by atoms with Crippen molar-refractivity contribution in [3.8, 4) is 17.2 Å². The zero-order valence-corrected chi connectivity index (χ0v) is 13.1. The molecule has 2 aromatic carbocycles. The van der Waals surface area contributed by atoms with Gasteiger partial charge in [-0.05, 0) is 24.3 Å². The number of hydrogen-bond donors (Lipinski definition) is 0. The maximum Gasteiger partial charge on any atom is 0.308 e. The Labute approximate surface area is 142 Å². The lowest BCUT2D eigenvalue weighted by Gasteiger charge is -2.25. The zero-order chi connectivity index (χ0) is 18.0. The molecule has 1 unspecified atom stereocenters. The van der Waals surface area contributed by atoms with Crippen LogP contribution in [0.25, 0.3) is 0 Å². The van der Waals surface area contributed by atoms with Crippen molar-refractivity contribution >= 4 is 17.4 Å². The van der Waals surface area contributed by atoms with E-state index in [9.17, 15) is 19.7 Å². The second-order valence-corrected chi connectivity index (χ2v) is 5.28. The smallest absolute Gasteiger partial charge is 0.308 e. The lowest BCUT2D eigenvalue weighted by Crippen LogP contribution is -2.37. The number of carbonyl (C=O) groups excluding carboxylic acids is 2. The molecule has 1 atom stereocenters. The maximum absolute atomic E-state index is 12.5. The molecule has 0 saturated heterocycles. The number of Topliss-reactive ketones (excluding diaryl/α,β-unsaturated/α-hetero) is 1. The molecule has 0 bridgehead atoms. The van der Waals surface area contributed by atoms with Crippen molar-refractivity contribution < 1.29 is 28.7 Å². The highest BCUT2D eigenvalue weighted by atomic mass is 16.6. The Morgan fingerprint density at radius 1 is 1.20 bits per heavy atom. The van der Waals surface area contributed by atoms with Gasteiger partial charge in [0.2, 0.25) is 5.78 Å². The van der Waals surface area contributed by atoms with Crippen LogP contribution in [0.4, 0.5) is 5.69 Å². The average Bonchev–Trinajstić information content (AvgIpc) is 2.57. The van der Waals surface area contributed by atoms with Crippen LogP contribution in [0, 0.1) is 10.1 Å². The maximum atomic E-state index is 12.5. The number of rotatable bonds is 4. The van der Waals surface area contributed by atoms with Gasteiger partial charge < -0.3 is 14.2 Å². The summed E-state index contributed by atoms with van der Waals surface area (Å²) < 4.78 is 16.0. The fraction of sp³-hybridized carbons (Fsp3) is 0.176. The molecule has 25 heavy (non-hydrogen) atoms. The fourth-order valence-electron chi connectivity index (χ4n) is 2.37. The Kier molecular flexibility index (Phi) is 4.34. The first-order chi connectivity index (χ1) is 11.9. The van der Waals surface area contributed by atoms with Gasteiger partial charge in [0.05, 0.1) is 10.5 Å². The summed E-state index contributed by atoms with van der Waals surface area (Å²) in [5, 5.41) is 10.6. The van der Waals surface area contributed by atoms with Gasteiger partial charge in [-0.1, -0.05) is 0 Å². The van der Waals surface area contributed by atoms with Crippen LogP contribution in [0.3, 0.4) is 0 Å². The van der Waals surface area contributed by atoms with Gasteiger partial charge >= 0.3 is 5.97 Å². The topological polar surface area (TPSA) is 105 Å². The monoisotopic (exact) mass is 343 g/mol. The number of non-ortho nitro benzene ring substituents is 1. The summed E-state index contributed by atoms with van der Waals surface area (Å²) in [5.41, 5.74) is 0.246. The Balaban J connectivity index is 1.75. The highest BCUT2D eigenvalue weighted by Crippen LogP contribution is 2.31.